The number of nitrogens with zero attached hydrogens (tertiary/aromatic N) is 2. The average Bonchev–Trinajstić information content (AvgIpc) is 3.70. The van der Waals surface area contributed by atoms with Crippen LogP contribution in [0.5, 0.6) is 0 Å². The number of aliphatic hydroxyl groups is 1. The predicted octanol–water partition coefficient (Wildman–Crippen LogP) is 6.34. The molecule has 8 bridgehead atoms. The highest BCUT2D eigenvalue weighted by atomic mass is 16.5. The quantitative estimate of drug-likeness (QED) is 0.318. The van der Waals surface area contributed by atoms with E-state index in [1.54, 1.807) is 0 Å². The summed E-state index contributed by atoms with van der Waals surface area (Å²) in [6, 6.07) is 6.11. The molecule has 6 rings (SSSR count). The topological polar surface area (TPSA) is 121 Å². The van der Waals surface area contributed by atoms with Gasteiger partial charge in [-0.05, 0) is 74.1 Å². The summed E-state index contributed by atoms with van der Waals surface area (Å²) in [6.07, 6.45) is 1.94. The van der Waals surface area contributed by atoms with E-state index in [1.165, 1.54) is 7.11 Å². The van der Waals surface area contributed by atoms with Gasteiger partial charge in [0.05, 0.1) is 36.3 Å². The number of ketones is 1. The number of H-pyrrole nitrogens is 2. The van der Waals surface area contributed by atoms with Gasteiger partial charge < -0.3 is 19.8 Å². The lowest BCUT2D eigenvalue weighted by molar-refractivity contribution is -0.140. The fourth-order valence-electron chi connectivity index (χ4n) is 6.78. The van der Waals surface area contributed by atoms with Crippen molar-refractivity contribution in [3.05, 3.63) is 68.8 Å². The molecule has 8 nitrogen and oxygen atoms in total. The Hall–Kier alpha value is -4.04. The van der Waals surface area contributed by atoms with Crippen LogP contribution in [0.25, 0.3) is 33.2 Å². The number of allylic oxidation sites excluding steroid dienone is 2. The maximum absolute atomic E-state index is 13.4. The Morgan fingerprint density at radius 2 is 1.78 bits per heavy atom. The van der Waals surface area contributed by atoms with E-state index in [0.29, 0.717) is 6.42 Å². The van der Waals surface area contributed by atoms with Crippen molar-refractivity contribution in [2.24, 2.45) is 0 Å². The van der Waals surface area contributed by atoms with Gasteiger partial charge in [0.15, 0.2) is 5.78 Å². The maximum Gasteiger partial charge on any atom is 0.305 e. The standard InChI is InChI=1S/C33H36N4O4/c1-7-19-15(2)24-12-28-22(14-38)17(4)23(35-28)11-25-16(3)20(8-9-30(40)41-6)32(36-25)21-10-29(39)31-18(5)26(37-33(21)31)13-27(19)34-24/h11-13,16,20,35,37-38H,7-10,14H2,1-6H3/t16-,20?/m0/s1. The first-order valence-electron chi connectivity index (χ1n) is 14.3. The Morgan fingerprint density at radius 1 is 1.05 bits per heavy atom. The van der Waals surface area contributed by atoms with E-state index in [-0.39, 0.29) is 43.0 Å². The first-order chi connectivity index (χ1) is 19.7. The Bertz CT molecular complexity index is 1820. The van der Waals surface area contributed by atoms with Crippen LogP contribution in [-0.4, -0.2) is 43.9 Å². The zero-order valence-corrected chi connectivity index (χ0v) is 24.5. The third-order valence-electron chi connectivity index (χ3n) is 9.28. The maximum atomic E-state index is 13.4. The van der Waals surface area contributed by atoms with Crippen LogP contribution in [-0.2, 0) is 22.6 Å². The number of ether oxygens (including phenoxy) is 1. The van der Waals surface area contributed by atoms with Crippen LogP contribution in [0.3, 0.4) is 0 Å². The fraction of sp³-hybridized carbons (Fsp3) is 0.394. The number of hydrogen-bond donors (Lipinski definition) is 3. The van der Waals surface area contributed by atoms with Crippen molar-refractivity contribution in [3.63, 3.8) is 0 Å². The van der Waals surface area contributed by atoms with Gasteiger partial charge in [-0.25, -0.2) is 4.98 Å². The number of carbonyl (C=O) groups excluding carboxylic acids is 2. The molecule has 0 fully saturated rings. The van der Waals surface area contributed by atoms with Gasteiger partial charge in [-0.15, -0.1) is 0 Å². The van der Waals surface area contributed by atoms with Crippen molar-refractivity contribution in [2.75, 3.05) is 7.11 Å². The molecule has 0 spiro atoms. The molecule has 0 saturated carbocycles. The minimum Gasteiger partial charge on any atom is -0.469 e. The van der Waals surface area contributed by atoms with Crippen LogP contribution in [0.1, 0.15) is 107 Å². The van der Waals surface area contributed by atoms with Crippen molar-refractivity contribution in [1.82, 2.24) is 19.9 Å². The van der Waals surface area contributed by atoms with Crippen molar-refractivity contribution in [3.8, 4) is 0 Å². The first kappa shape index (κ1) is 27.1. The lowest BCUT2D eigenvalue weighted by Crippen LogP contribution is -2.09. The van der Waals surface area contributed by atoms with Crippen LogP contribution < -0.4 is 0 Å². The zero-order valence-electron chi connectivity index (χ0n) is 24.5. The smallest absolute Gasteiger partial charge is 0.305 e. The predicted molar refractivity (Wildman–Crippen MR) is 160 cm³/mol. The summed E-state index contributed by atoms with van der Waals surface area (Å²) in [5.41, 5.74) is 13.5. The number of fused-ring (bicyclic) bond motifs is 8. The van der Waals surface area contributed by atoms with E-state index in [2.05, 4.69) is 30.7 Å². The number of methoxy groups -OCH3 is 1. The van der Waals surface area contributed by atoms with E-state index < -0.39 is 0 Å². The number of esters is 1. The minimum atomic E-state index is -0.260. The van der Waals surface area contributed by atoms with E-state index in [1.807, 2.05) is 32.0 Å². The van der Waals surface area contributed by atoms with E-state index in [9.17, 15) is 14.7 Å². The van der Waals surface area contributed by atoms with Gasteiger partial charge in [0.25, 0.3) is 0 Å². The molecule has 3 N–H and O–H groups in total. The largest absolute Gasteiger partial charge is 0.469 e. The number of Topliss-reactive ketones (excluding diaryl/α,β-unsaturated/α-hetero) is 1. The van der Waals surface area contributed by atoms with Crippen LogP contribution in [0.4, 0.5) is 0 Å². The number of hydrogen-bond acceptors (Lipinski definition) is 6. The summed E-state index contributed by atoms with van der Waals surface area (Å²) in [5, 5.41) is 10.3. The molecule has 2 atom stereocenters. The molecule has 41 heavy (non-hydrogen) atoms. The number of aryl methyl sites for hydroxylation is 2. The van der Waals surface area contributed by atoms with Crippen LogP contribution >= 0.6 is 0 Å². The highest BCUT2D eigenvalue weighted by Crippen LogP contribution is 2.44. The normalized spacial score (nSPS) is 18.0. The number of carbonyl (C=O) groups is 2. The van der Waals surface area contributed by atoms with Gasteiger partial charge in [-0.3, -0.25) is 14.6 Å². The molecule has 0 saturated heterocycles. The molecule has 0 amide bonds. The summed E-state index contributed by atoms with van der Waals surface area (Å²) < 4.78 is 4.95. The summed E-state index contributed by atoms with van der Waals surface area (Å²) in [6.45, 7) is 10.2. The monoisotopic (exact) mass is 552 g/mol. The van der Waals surface area contributed by atoms with Gasteiger partial charge >= 0.3 is 5.97 Å². The van der Waals surface area contributed by atoms with Crippen molar-refractivity contribution < 1.29 is 19.4 Å². The first-order valence-corrected chi connectivity index (χ1v) is 14.3. The highest BCUT2D eigenvalue weighted by Gasteiger charge is 2.36. The molecule has 3 aliphatic rings. The van der Waals surface area contributed by atoms with Gasteiger partial charge in [0, 0.05) is 63.6 Å². The van der Waals surface area contributed by atoms with E-state index >= 15 is 0 Å². The molecule has 1 aliphatic carbocycles. The van der Waals surface area contributed by atoms with Crippen LogP contribution in [0.15, 0.2) is 18.2 Å². The van der Waals surface area contributed by atoms with Crippen molar-refractivity contribution in [1.29, 1.82) is 0 Å². The minimum absolute atomic E-state index is 0.0139. The Morgan fingerprint density at radius 3 is 2.49 bits per heavy atom. The molecule has 0 aromatic carbocycles. The molecular weight excluding hydrogens is 516 g/mol. The second-order valence-electron chi connectivity index (χ2n) is 11.4. The van der Waals surface area contributed by atoms with Crippen LogP contribution in [0.2, 0.25) is 0 Å². The van der Waals surface area contributed by atoms with E-state index in [4.69, 9.17) is 14.7 Å². The van der Waals surface area contributed by atoms with Gasteiger partial charge in [-0.1, -0.05) is 13.8 Å². The SMILES string of the molecule is CCC1=C(C)c2cc3[nH]c(cc4nc(c5c6[nH]c(cc1n2)c(C)c6C(=O)C5)C(CCC(=O)OC)[C@@H]4C)c(C)c3CO. The summed E-state index contributed by atoms with van der Waals surface area (Å²) in [5.74, 6) is -0.213. The molecule has 212 valence electrons. The molecule has 1 unspecified atom stereocenters. The summed E-state index contributed by atoms with van der Waals surface area (Å²) in [7, 11) is 1.40. The molecule has 5 heterocycles. The summed E-state index contributed by atoms with van der Waals surface area (Å²) >= 11 is 0. The molecular formula is C33H36N4O4. The second-order valence-corrected chi connectivity index (χ2v) is 11.4. The molecule has 8 heteroatoms. The lowest BCUT2D eigenvalue weighted by Gasteiger charge is -2.16. The van der Waals surface area contributed by atoms with E-state index in [0.717, 1.165) is 90.2 Å². The fourth-order valence-corrected chi connectivity index (χ4v) is 6.78. The van der Waals surface area contributed by atoms with Crippen LogP contribution in [0, 0.1) is 13.8 Å². The molecule has 3 aromatic rings. The zero-order chi connectivity index (χ0) is 29.2. The van der Waals surface area contributed by atoms with Crippen molar-refractivity contribution >= 4 is 45.0 Å². The third-order valence-corrected chi connectivity index (χ3v) is 9.28. The molecule has 2 aliphatic heterocycles. The Labute approximate surface area is 238 Å². The second kappa shape index (κ2) is 10.1. The number of nitrogens with one attached hydrogen (secondary N) is 2. The van der Waals surface area contributed by atoms with Crippen molar-refractivity contribution in [2.45, 2.75) is 78.7 Å². The van der Waals surface area contributed by atoms with Gasteiger partial charge in [0.2, 0.25) is 0 Å². The Balaban J connectivity index is 1.74. The third kappa shape index (κ3) is 4.23. The molecule has 3 aromatic heterocycles. The van der Waals surface area contributed by atoms with Gasteiger partial charge in [0.1, 0.15) is 0 Å². The van der Waals surface area contributed by atoms with Gasteiger partial charge in [-0.2, -0.15) is 0 Å². The average molecular weight is 553 g/mol. The number of aromatic nitrogens is 4. The number of aliphatic hydroxyl groups excluding tert-OH is 1. The number of rotatable bonds is 5. The lowest BCUT2D eigenvalue weighted by atomic mass is 9.85. The Kier molecular flexibility index (Phi) is 6.69. The highest BCUT2D eigenvalue weighted by molar-refractivity contribution is 6.13. The number of aromatic amines is 2. The summed E-state index contributed by atoms with van der Waals surface area (Å²) in [4.78, 5) is 42.8. The molecule has 0 radical (unpaired) electrons.